The molecule has 2 aromatic carbocycles. The number of nitriles is 1. The van der Waals surface area contributed by atoms with E-state index in [2.05, 4.69) is 63.4 Å². The van der Waals surface area contributed by atoms with Crippen molar-refractivity contribution in [2.75, 3.05) is 42.9 Å². The number of piperazine rings is 1. The average Bonchev–Trinajstić information content (AvgIpc) is 3.69. The van der Waals surface area contributed by atoms with Crippen LogP contribution in [-0.4, -0.2) is 57.4 Å². The topological polar surface area (TPSA) is 85.9 Å². The lowest BCUT2D eigenvalue weighted by Gasteiger charge is -2.35. The van der Waals surface area contributed by atoms with E-state index in [1.807, 2.05) is 35.3 Å². The summed E-state index contributed by atoms with van der Waals surface area (Å²) in [7, 11) is 0. The highest BCUT2D eigenvalue weighted by atomic mass is 15.3. The van der Waals surface area contributed by atoms with Crippen LogP contribution in [0.15, 0.2) is 60.9 Å². The predicted molar refractivity (Wildman–Crippen MR) is 156 cm³/mol. The molecule has 4 aromatic rings. The average molecular weight is 521 g/mol. The van der Waals surface area contributed by atoms with Crippen molar-refractivity contribution in [1.29, 1.82) is 5.26 Å². The van der Waals surface area contributed by atoms with Gasteiger partial charge in [-0.3, -0.25) is 4.68 Å². The third-order valence-electron chi connectivity index (χ3n) is 8.37. The van der Waals surface area contributed by atoms with E-state index >= 15 is 0 Å². The maximum atomic E-state index is 9.47. The Bertz CT molecular complexity index is 1460. The SMILES string of the molecule is CCN1CCN(c2cccc(Nc3ncc4cccc(-c5ccn(C(CC#N)C6CCCC6)n5)c4n3)c2)CC1. The molecular formula is C31H36N8. The first-order valence-corrected chi connectivity index (χ1v) is 14.2. The van der Waals surface area contributed by atoms with Crippen molar-refractivity contribution in [2.24, 2.45) is 5.92 Å². The molecular weight excluding hydrogens is 484 g/mol. The van der Waals surface area contributed by atoms with E-state index in [-0.39, 0.29) is 6.04 Å². The smallest absolute Gasteiger partial charge is 0.227 e. The van der Waals surface area contributed by atoms with E-state index in [0.717, 1.165) is 60.6 Å². The van der Waals surface area contributed by atoms with Crippen LogP contribution in [0.25, 0.3) is 22.2 Å². The number of likely N-dealkylation sites (N-methyl/N-ethyl adjacent to an activating group) is 1. The zero-order chi connectivity index (χ0) is 26.6. The van der Waals surface area contributed by atoms with Gasteiger partial charge in [0.2, 0.25) is 5.95 Å². The minimum atomic E-state index is 0.130. The summed E-state index contributed by atoms with van der Waals surface area (Å²) in [6.45, 7) is 7.60. The van der Waals surface area contributed by atoms with Crippen LogP contribution in [0.4, 0.5) is 17.3 Å². The quantitative estimate of drug-likeness (QED) is 0.304. The van der Waals surface area contributed by atoms with Crippen molar-refractivity contribution in [3.63, 3.8) is 0 Å². The molecule has 1 atom stereocenters. The number of hydrogen-bond donors (Lipinski definition) is 1. The number of para-hydroxylation sites is 1. The summed E-state index contributed by atoms with van der Waals surface area (Å²) in [6, 6.07) is 19.2. The molecule has 8 nitrogen and oxygen atoms in total. The standard InChI is InChI=1S/C31H36N8/c1-2-37-17-19-38(20-18-37)26-11-6-10-25(21-26)34-31-33-22-24-9-5-12-27(30(24)35-31)28-14-16-39(36-28)29(13-15-32)23-7-3-4-8-23/h5-6,9-12,14,16,21-23,29H,2-4,7-8,13,17-20H2,1H3,(H,33,34,35). The van der Waals surface area contributed by atoms with Gasteiger partial charge in [-0.05, 0) is 49.6 Å². The summed E-state index contributed by atoms with van der Waals surface area (Å²) in [5.74, 6) is 1.09. The van der Waals surface area contributed by atoms with Crippen LogP contribution in [0.5, 0.6) is 0 Å². The third-order valence-corrected chi connectivity index (χ3v) is 8.37. The molecule has 39 heavy (non-hydrogen) atoms. The fraction of sp³-hybridized carbons (Fsp3) is 0.419. The van der Waals surface area contributed by atoms with Gasteiger partial charge in [-0.25, -0.2) is 9.97 Å². The zero-order valence-corrected chi connectivity index (χ0v) is 22.6. The van der Waals surface area contributed by atoms with Crippen molar-refractivity contribution in [3.8, 4) is 17.3 Å². The molecule has 1 saturated heterocycles. The van der Waals surface area contributed by atoms with Crippen LogP contribution in [-0.2, 0) is 0 Å². The Morgan fingerprint density at radius 1 is 1.05 bits per heavy atom. The Morgan fingerprint density at radius 3 is 2.67 bits per heavy atom. The molecule has 1 N–H and O–H groups in total. The number of benzene rings is 2. The molecule has 1 saturated carbocycles. The molecule has 1 unspecified atom stereocenters. The molecule has 3 heterocycles. The minimum absolute atomic E-state index is 0.130. The van der Waals surface area contributed by atoms with Gasteiger partial charge in [0.1, 0.15) is 0 Å². The molecule has 0 bridgehead atoms. The van der Waals surface area contributed by atoms with E-state index in [0.29, 0.717) is 18.3 Å². The van der Waals surface area contributed by atoms with Crippen molar-refractivity contribution in [1.82, 2.24) is 24.6 Å². The predicted octanol–water partition coefficient (Wildman–Crippen LogP) is 6.02. The Hall–Kier alpha value is -3.96. The maximum Gasteiger partial charge on any atom is 0.227 e. The van der Waals surface area contributed by atoms with Gasteiger partial charge >= 0.3 is 0 Å². The Labute approximate surface area is 230 Å². The van der Waals surface area contributed by atoms with Gasteiger partial charge in [0.15, 0.2) is 0 Å². The number of rotatable bonds is 8. The first-order chi connectivity index (χ1) is 19.2. The second-order valence-electron chi connectivity index (χ2n) is 10.7. The van der Waals surface area contributed by atoms with Gasteiger partial charge in [-0.2, -0.15) is 10.4 Å². The number of nitrogens with zero attached hydrogens (tertiary/aromatic N) is 7. The monoisotopic (exact) mass is 520 g/mol. The zero-order valence-electron chi connectivity index (χ0n) is 22.6. The highest BCUT2D eigenvalue weighted by molar-refractivity contribution is 5.92. The number of nitrogens with one attached hydrogen (secondary N) is 1. The summed E-state index contributed by atoms with van der Waals surface area (Å²) < 4.78 is 2.01. The Balaban J connectivity index is 1.25. The second-order valence-corrected chi connectivity index (χ2v) is 10.7. The van der Waals surface area contributed by atoms with Crippen LogP contribution in [0.2, 0.25) is 0 Å². The third kappa shape index (κ3) is 5.45. The lowest BCUT2D eigenvalue weighted by molar-refractivity contribution is 0.271. The van der Waals surface area contributed by atoms with Gasteiger partial charge < -0.3 is 15.1 Å². The number of aromatic nitrogens is 4. The van der Waals surface area contributed by atoms with E-state index < -0.39 is 0 Å². The van der Waals surface area contributed by atoms with Crippen LogP contribution in [0.1, 0.15) is 45.1 Å². The van der Waals surface area contributed by atoms with Gasteiger partial charge in [0.05, 0.1) is 29.7 Å². The van der Waals surface area contributed by atoms with Crippen LogP contribution < -0.4 is 10.2 Å². The highest BCUT2D eigenvalue weighted by Gasteiger charge is 2.27. The number of anilines is 3. The molecule has 8 heteroatoms. The van der Waals surface area contributed by atoms with Crippen LogP contribution in [0, 0.1) is 17.2 Å². The van der Waals surface area contributed by atoms with Crippen molar-refractivity contribution >= 4 is 28.2 Å². The van der Waals surface area contributed by atoms with Gasteiger partial charge in [-0.15, -0.1) is 0 Å². The van der Waals surface area contributed by atoms with Gasteiger partial charge in [0.25, 0.3) is 0 Å². The van der Waals surface area contributed by atoms with E-state index in [1.165, 1.54) is 31.4 Å². The normalized spacial score (nSPS) is 17.4. The first-order valence-electron chi connectivity index (χ1n) is 14.2. The minimum Gasteiger partial charge on any atom is -0.369 e. The largest absolute Gasteiger partial charge is 0.369 e. The molecule has 2 aliphatic rings. The molecule has 2 aromatic heterocycles. The van der Waals surface area contributed by atoms with E-state index in [1.54, 1.807) is 0 Å². The summed E-state index contributed by atoms with van der Waals surface area (Å²) in [6.07, 6.45) is 9.23. The van der Waals surface area contributed by atoms with Gasteiger partial charge in [-0.1, -0.05) is 44.0 Å². The lowest BCUT2D eigenvalue weighted by atomic mass is 9.96. The molecule has 6 rings (SSSR count). The Kier molecular flexibility index (Phi) is 7.42. The molecule has 0 spiro atoms. The van der Waals surface area contributed by atoms with Crippen molar-refractivity contribution < 1.29 is 0 Å². The van der Waals surface area contributed by atoms with Crippen molar-refractivity contribution in [2.45, 2.75) is 45.1 Å². The number of fused-ring (bicyclic) bond motifs is 1. The molecule has 1 aliphatic heterocycles. The van der Waals surface area contributed by atoms with E-state index in [9.17, 15) is 5.26 Å². The number of hydrogen-bond acceptors (Lipinski definition) is 7. The first kappa shape index (κ1) is 25.3. The summed E-state index contributed by atoms with van der Waals surface area (Å²) in [5, 5.41) is 18.8. The highest BCUT2D eigenvalue weighted by Crippen LogP contribution is 2.37. The summed E-state index contributed by atoms with van der Waals surface area (Å²) in [5.41, 5.74) is 4.91. The molecule has 200 valence electrons. The summed E-state index contributed by atoms with van der Waals surface area (Å²) in [4.78, 5) is 14.5. The Morgan fingerprint density at radius 2 is 1.87 bits per heavy atom. The van der Waals surface area contributed by atoms with Crippen molar-refractivity contribution in [3.05, 3.63) is 60.9 Å². The van der Waals surface area contributed by atoms with Gasteiger partial charge in [0, 0.05) is 60.9 Å². The fourth-order valence-electron chi connectivity index (χ4n) is 6.13. The lowest BCUT2D eigenvalue weighted by Crippen LogP contribution is -2.46. The molecule has 0 amide bonds. The second kappa shape index (κ2) is 11.4. The van der Waals surface area contributed by atoms with Crippen LogP contribution in [0.3, 0.4) is 0 Å². The summed E-state index contributed by atoms with van der Waals surface area (Å²) >= 11 is 0. The molecule has 1 aliphatic carbocycles. The fourth-order valence-corrected chi connectivity index (χ4v) is 6.13. The molecule has 0 radical (unpaired) electrons. The molecule has 2 fully saturated rings. The van der Waals surface area contributed by atoms with Crippen LogP contribution >= 0.6 is 0 Å². The van der Waals surface area contributed by atoms with E-state index in [4.69, 9.17) is 10.1 Å². The maximum absolute atomic E-state index is 9.47.